The van der Waals surface area contributed by atoms with Gasteiger partial charge in [-0.05, 0) is 24.3 Å². The Kier molecular flexibility index (Phi) is 5.04. The van der Waals surface area contributed by atoms with Gasteiger partial charge in [-0.2, -0.15) is 5.01 Å². The number of amides is 1. The van der Waals surface area contributed by atoms with Gasteiger partial charge in [0.15, 0.2) is 0 Å². The van der Waals surface area contributed by atoms with Gasteiger partial charge in [-0.1, -0.05) is 34.8 Å². The zero-order chi connectivity index (χ0) is 19.0. The SMILES string of the molecule is CC(=O)N1N=C(c2ccc(Cl)cc2Cl)O[C@@H]1c1ccc([N+](=O)[O-])cc1Cl. The third-order valence-corrected chi connectivity index (χ3v) is 4.46. The largest absolute Gasteiger partial charge is 0.446 e. The lowest BCUT2D eigenvalue weighted by Gasteiger charge is -2.20. The molecule has 0 spiro atoms. The molecule has 1 aliphatic heterocycles. The van der Waals surface area contributed by atoms with Crippen LogP contribution in [-0.2, 0) is 9.53 Å². The van der Waals surface area contributed by atoms with Crippen molar-refractivity contribution in [3.63, 3.8) is 0 Å². The van der Waals surface area contributed by atoms with Gasteiger partial charge < -0.3 is 4.74 Å². The molecular weight excluding hydrogens is 405 g/mol. The maximum Gasteiger partial charge on any atom is 0.270 e. The fraction of sp³-hybridized carbons (Fsp3) is 0.125. The molecule has 7 nitrogen and oxygen atoms in total. The van der Waals surface area contributed by atoms with Crippen molar-refractivity contribution in [1.29, 1.82) is 0 Å². The second-order valence-electron chi connectivity index (χ2n) is 5.33. The Bertz CT molecular complexity index is 948. The minimum atomic E-state index is -0.970. The van der Waals surface area contributed by atoms with Crippen LogP contribution in [-0.4, -0.2) is 21.7 Å². The number of halogens is 3. The molecule has 2 aromatic rings. The maximum absolute atomic E-state index is 12.0. The van der Waals surface area contributed by atoms with Crippen LogP contribution in [0.1, 0.15) is 24.3 Å². The van der Waals surface area contributed by atoms with E-state index in [4.69, 9.17) is 39.5 Å². The number of rotatable bonds is 3. The molecule has 134 valence electrons. The summed E-state index contributed by atoms with van der Waals surface area (Å²) in [6, 6.07) is 8.63. The molecule has 0 unspecified atom stereocenters. The molecule has 0 radical (unpaired) electrons. The average Bonchev–Trinajstić information content (AvgIpc) is 2.99. The van der Waals surface area contributed by atoms with Crippen LogP contribution in [0.5, 0.6) is 0 Å². The van der Waals surface area contributed by atoms with E-state index in [1.807, 2.05) is 0 Å². The van der Waals surface area contributed by atoms with Gasteiger partial charge in [-0.15, -0.1) is 5.10 Å². The van der Waals surface area contributed by atoms with Crippen molar-refractivity contribution in [2.24, 2.45) is 5.10 Å². The van der Waals surface area contributed by atoms with Crippen LogP contribution < -0.4 is 0 Å². The minimum absolute atomic E-state index is 0.0779. The zero-order valence-corrected chi connectivity index (χ0v) is 15.4. The highest BCUT2D eigenvalue weighted by atomic mass is 35.5. The van der Waals surface area contributed by atoms with Crippen molar-refractivity contribution in [1.82, 2.24) is 5.01 Å². The van der Waals surface area contributed by atoms with Gasteiger partial charge in [0.05, 0.1) is 20.5 Å². The monoisotopic (exact) mass is 413 g/mol. The van der Waals surface area contributed by atoms with Gasteiger partial charge >= 0.3 is 0 Å². The molecule has 1 heterocycles. The van der Waals surface area contributed by atoms with E-state index in [0.717, 1.165) is 5.01 Å². The molecule has 0 saturated carbocycles. The van der Waals surface area contributed by atoms with Gasteiger partial charge in [0.1, 0.15) is 0 Å². The van der Waals surface area contributed by atoms with Crippen LogP contribution in [0.2, 0.25) is 15.1 Å². The fourth-order valence-corrected chi connectivity index (χ4v) is 3.13. The van der Waals surface area contributed by atoms with E-state index in [9.17, 15) is 14.9 Å². The van der Waals surface area contributed by atoms with E-state index in [-0.39, 0.29) is 16.6 Å². The summed E-state index contributed by atoms with van der Waals surface area (Å²) in [7, 11) is 0. The summed E-state index contributed by atoms with van der Waals surface area (Å²) >= 11 is 18.2. The lowest BCUT2D eigenvalue weighted by atomic mass is 10.1. The van der Waals surface area contributed by atoms with Crippen molar-refractivity contribution in [3.05, 3.63) is 72.7 Å². The number of carbonyl (C=O) groups excluding carboxylic acids is 1. The maximum atomic E-state index is 12.0. The summed E-state index contributed by atoms with van der Waals surface area (Å²) in [5.74, 6) is -0.286. The summed E-state index contributed by atoms with van der Waals surface area (Å²) in [5, 5.41) is 16.9. The molecule has 0 fully saturated rings. The molecule has 0 N–H and O–H groups in total. The third-order valence-electron chi connectivity index (χ3n) is 3.59. The van der Waals surface area contributed by atoms with Crippen LogP contribution in [0.25, 0.3) is 0 Å². The molecule has 0 aromatic heterocycles. The van der Waals surface area contributed by atoms with Crippen LogP contribution in [0, 0.1) is 10.1 Å². The van der Waals surface area contributed by atoms with E-state index < -0.39 is 17.1 Å². The molecule has 2 aromatic carbocycles. The summed E-state index contributed by atoms with van der Waals surface area (Å²) < 4.78 is 5.78. The van der Waals surface area contributed by atoms with Gasteiger partial charge in [0.2, 0.25) is 18.0 Å². The zero-order valence-electron chi connectivity index (χ0n) is 13.1. The molecule has 1 atom stereocenters. The highest BCUT2D eigenvalue weighted by molar-refractivity contribution is 6.36. The number of nitrogens with zero attached hydrogens (tertiary/aromatic N) is 3. The third kappa shape index (κ3) is 3.46. The molecule has 0 aliphatic carbocycles. The van der Waals surface area contributed by atoms with E-state index in [1.54, 1.807) is 12.1 Å². The predicted octanol–water partition coefficient (Wildman–Crippen LogP) is 4.79. The molecule has 1 amide bonds. The highest BCUT2D eigenvalue weighted by Crippen LogP contribution is 2.37. The Morgan fingerprint density at radius 1 is 1.19 bits per heavy atom. The van der Waals surface area contributed by atoms with Crippen molar-refractivity contribution < 1.29 is 14.5 Å². The van der Waals surface area contributed by atoms with E-state index in [0.29, 0.717) is 21.2 Å². The van der Waals surface area contributed by atoms with Crippen LogP contribution in [0.15, 0.2) is 41.5 Å². The first-order chi connectivity index (χ1) is 12.3. The Labute approximate surface area is 162 Å². The number of benzene rings is 2. The van der Waals surface area contributed by atoms with E-state index in [1.165, 1.54) is 31.2 Å². The number of nitro benzene ring substituents is 1. The van der Waals surface area contributed by atoms with E-state index in [2.05, 4.69) is 5.10 Å². The van der Waals surface area contributed by atoms with Gasteiger partial charge in [-0.3, -0.25) is 14.9 Å². The second kappa shape index (κ2) is 7.11. The van der Waals surface area contributed by atoms with Crippen molar-refractivity contribution >= 4 is 52.3 Å². The number of nitro groups is 1. The molecule has 26 heavy (non-hydrogen) atoms. The van der Waals surface area contributed by atoms with Gasteiger partial charge in [0, 0.05) is 29.6 Å². The van der Waals surface area contributed by atoms with Gasteiger partial charge in [0.25, 0.3) is 5.69 Å². The van der Waals surface area contributed by atoms with Gasteiger partial charge in [-0.25, -0.2) is 0 Å². The summed E-state index contributed by atoms with van der Waals surface area (Å²) in [6.07, 6.45) is -0.970. The quantitative estimate of drug-likeness (QED) is 0.533. The summed E-state index contributed by atoms with van der Waals surface area (Å²) in [6.45, 7) is 1.31. The first-order valence-corrected chi connectivity index (χ1v) is 8.35. The van der Waals surface area contributed by atoms with Crippen molar-refractivity contribution in [2.75, 3.05) is 0 Å². The molecule has 1 aliphatic rings. The average molecular weight is 415 g/mol. The first-order valence-electron chi connectivity index (χ1n) is 7.22. The predicted molar refractivity (Wildman–Crippen MR) is 97.5 cm³/mol. The smallest absolute Gasteiger partial charge is 0.270 e. The Morgan fingerprint density at radius 3 is 2.50 bits per heavy atom. The molecule has 10 heteroatoms. The lowest BCUT2D eigenvalue weighted by Crippen LogP contribution is -2.25. The van der Waals surface area contributed by atoms with Crippen LogP contribution >= 0.6 is 34.8 Å². The number of carbonyl (C=O) groups is 1. The molecule has 0 saturated heterocycles. The Hall–Kier alpha value is -2.35. The minimum Gasteiger partial charge on any atom is -0.446 e. The molecule has 0 bridgehead atoms. The summed E-state index contributed by atoms with van der Waals surface area (Å²) in [4.78, 5) is 22.3. The van der Waals surface area contributed by atoms with Crippen molar-refractivity contribution in [2.45, 2.75) is 13.2 Å². The highest BCUT2D eigenvalue weighted by Gasteiger charge is 2.35. The topological polar surface area (TPSA) is 85.0 Å². The normalized spacial score (nSPS) is 16.2. The van der Waals surface area contributed by atoms with Crippen molar-refractivity contribution in [3.8, 4) is 0 Å². The summed E-state index contributed by atoms with van der Waals surface area (Å²) in [5.41, 5.74) is 0.632. The fourth-order valence-electron chi connectivity index (χ4n) is 2.37. The second-order valence-corrected chi connectivity index (χ2v) is 6.58. The molecular formula is C16H10Cl3N3O4. The Morgan fingerprint density at radius 2 is 1.92 bits per heavy atom. The lowest BCUT2D eigenvalue weighted by molar-refractivity contribution is -0.384. The standard InChI is InChI=1S/C16H10Cl3N3O4/c1-8(23)21-16(12-5-3-10(22(24)25)7-14(12)19)26-15(20-21)11-4-2-9(17)6-13(11)18/h2-7,16H,1H3/t16-/m1/s1. The first kappa shape index (κ1) is 18.4. The number of non-ortho nitro benzene ring substituents is 1. The van der Waals surface area contributed by atoms with Crippen LogP contribution in [0.3, 0.4) is 0 Å². The van der Waals surface area contributed by atoms with E-state index >= 15 is 0 Å². The molecule has 3 rings (SSSR count). The number of hydrogen-bond acceptors (Lipinski definition) is 5. The number of ether oxygens (including phenoxy) is 1. The van der Waals surface area contributed by atoms with Crippen LogP contribution in [0.4, 0.5) is 5.69 Å². The number of hydrazone groups is 1. The number of hydrogen-bond donors (Lipinski definition) is 0. The Balaban J connectivity index is 1.99.